The summed E-state index contributed by atoms with van der Waals surface area (Å²) < 4.78 is 10.8. The first-order chi connectivity index (χ1) is 13.7. The van der Waals surface area contributed by atoms with E-state index < -0.39 is 5.97 Å². The monoisotopic (exact) mass is 375 g/mol. The molecule has 0 atom stereocenters. The number of carbonyl (C=O) groups is 2. The minimum atomic E-state index is -0.551. The van der Waals surface area contributed by atoms with Crippen LogP contribution in [0, 0.1) is 0 Å². The maximum absolute atomic E-state index is 12.1. The molecule has 0 aliphatic rings. The Morgan fingerprint density at radius 2 is 1.46 bits per heavy atom. The van der Waals surface area contributed by atoms with Crippen LogP contribution in [-0.4, -0.2) is 18.5 Å². The fourth-order valence-electron chi connectivity index (χ4n) is 2.57. The van der Waals surface area contributed by atoms with Crippen LogP contribution in [0.1, 0.15) is 13.3 Å². The van der Waals surface area contributed by atoms with Gasteiger partial charge in [-0.15, -0.1) is 0 Å². The highest BCUT2D eigenvalue weighted by Crippen LogP contribution is 2.25. The molecule has 0 aliphatic carbocycles. The van der Waals surface area contributed by atoms with Gasteiger partial charge in [0.25, 0.3) is 0 Å². The second kappa shape index (κ2) is 9.37. The summed E-state index contributed by atoms with van der Waals surface area (Å²) in [5.74, 6) is 0.158. The van der Waals surface area contributed by atoms with Gasteiger partial charge in [0.05, 0.1) is 5.69 Å². The quantitative estimate of drug-likeness (QED) is 0.481. The van der Waals surface area contributed by atoms with Crippen molar-refractivity contribution < 1.29 is 19.1 Å². The molecule has 0 unspecified atom stereocenters. The van der Waals surface area contributed by atoms with Crippen molar-refractivity contribution in [2.45, 2.75) is 13.3 Å². The van der Waals surface area contributed by atoms with Gasteiger partial charge in [0.15, 0.2) is 12.4 Å². The van der Waals surface area contributed by atoms with Gasteiger partial charge in [0.1, 0.15) is 5.75 Å². The van der Waals surface area contributed by atoms with Crippen molar-refractivity contribution in [2.75, 3.05) is 11.9 Å². The fraction of sp³-hybridized carbons (Fsp3) is 0.130. The normalized spacial score (nSPS) is 10.2. The van der Waals surface area contributed by atoms with Gasteiger partial charge in [0.2, 0.25) is 5.91 Å². The van der Waals surface area contributed by atoms with Gasteiger partial charge in [-0.3, -0.25) is 4.79 Å². The van der Waals surface area contributed by atoms with Crippen molar-refractivity contribution in [3.8, 4) is 22.6 Å². The summed E-state index contributed by atoms with van der Waals surface area (Å²) in [5.41, 5.74) is 2.63. The average Bonchev–Trinajstić information content (AvgIpc) is 2.74. The van der Waals surface area contributed by atoms with Gasteiger partial charge in [-0.25, -0.2) is 4.79 Å². The lowest BCUT2D eigenvalue weighted by Gasteiger charge is -2.11. The van der Waals surface area contributed by atoms with Crippen molar-refractivity contribution in [3.63, 3.8) is 0 Å². The summed E-state index contributed by atoms with van der Waals surface area (Å²) >= 11 is 0. The number of para-hydroxylation sites is 2. The average molecular weight is 375 g/mol. The van der Waals surface area contributed by atoms with E-state index in [1.54, 1.807) is 31.2 Å². The van der Waals surface area contributed by atoms with Crippen LogP contribution in [0.15, 0.2) is 78.9 Å². The third-order valence-electron chi connectivity index (χ3n) is 4.02. The fourth-order valence-corrected chi connectivity index (χ4v) is 2.57. The second-order valence-corrected chi connectivity index (χ2v) is 6.05. The van der Waals surface area contributed by atoms with Crippen LogP contribution < -0.4 is 14.8 Å². The topological polar surface area (TPSA) is 64.6 Å². The van der Waals surface area contributed by atoms with Crippen LogP contribution >= 0.6 is 0 Å². The van der Waals surface area contributed by atoms with E-state index in [1.807, 2.05) is 54.6 Å². The molecule has 0 radical (unpaired) electrons. The molecule has 3 aromatic rings. The first-order valence-corrected chi connectivity index (χ1v) is 9.03. The Bertz CT molecular complexity index is 936. The molecule has 0 aromatic heterocycles. The Balaban J connectivity index is 1.57. The van der Waals surface area contributed by atoms with Crippen LogP contribution in [0.4, 0.5) is 5.69 Å². The molecule has 1 N–H and O–H groups in total. The van der Waals surface area contributed by atoms with Crippen LogP contribution in [0.2, 0.25) is 0 Å². The Hall–Kier alpha value is -3.60. The molecule has 0 aliphatic heterocycles. The molecule has 0 spiro atoms. The standard InChI is InChI=1S/C23H21NO4/c1-2-22(25)24-20-10-6-7-11-21(20)28-23(26)16-27-19-14-12-18(13-15-19)17-8-4-3-5-9-17/h3-15H,2,16H2,1H3,(H,24,25). The lowest BCUT2D eigenvalue weighted by atomic mass is 10.1. The number of amides is 1. The number of esters is 1. The van der Waals surface area contributed by atoms with Gasteiger partial charge < -0.3 is 14.8 Å². The number of benzene rings is 3. The first kappa shape index (κ1) is 19.2. The molecular formula is C23H21NO4. The molecule has 5 heteroatoms. The zero-order valence-electron chi connectivity index (χ0n) is 15.6. The lowest BCUT2D eigenvalue weighted by molar-refractivity contribution is -0.136. The maximum atomic E-state index is 12.1. The van der Waals surface area contributed by atoms with E-state index in [-0.39, 0.29) is 18.3 Å². The Morgan fingerprint density at radius 3 is 2.18 bits per heavy atom. The van der Waals surface area contributed by atoms with Crippen LogP contribution in [0.3, 0.4) is 0 Å². The molecule has 0 saturated heterocycles. The largest absolute Gasteiger partial charge is 0.482 e. The molecule has 1 amide bonds. The molecule has 142 valence electrons. The molecule has 3 rings (SSSR count). The van der Waals surface area contributed by atoms with Crippen molar-refractivity contribution in [2.24, 2.45) is 0 Å². The molecular weight excluding hydrogens is 354 g/mol. The smallest absolute Gasteiger partial charge is 0.349 e. The Morgan fingerprint density at radius 1 is 0.821 bits per heavy atom. The van der Waals surface area contributed by atoms with Crippen LogP contribution in [0.5, 0.6) is 11.5 Å². The van der Waals surface area contributed by atoms with Gasteiger partial charge in [-0.2, -0.15) is 0 Å². The summed E-state index contributed by atoms with van der Waals surface area (Å²) in [7, 11) is 0. The number of carbonyl (C=O) groups excluding carboxylic acids is 2. The van der Waals surface area contributed by atoms with E-state index in [0.717, 1.165) is 11.1 Å². The van der Waals surface area contributed by atoms with E-state index in [4.69, 9.17) is 9.47 Å². The van der Waals surface area contributed by atoms with E-state index in [2.05, 4.69) is 5.32 Å². The van der Waals surface area contributed by atoms with Crippen LogP contribution in [-0.2, 0) is 9.59 Å². The third kappa shape index (κ3) is 5.20. The molecule has 0 fully saturated rings. The highest BCUT2D eigenvalue weighted by Gasteiger charge is 2.11. The minimum Gasteiger partial charge on any atom is -0.482 e. The molecule has 5 nitrogen and oxygen atoms in total. The number of ether oxygens (including phenoxy) is 2. The minimum absolute atomic E-state index is 0.154. The molecule has 3 aromatic carbocycles. The number of hydrogen-bond acceptors (Lipinski definition) is 4. The number of nitrogens with one attached hydrogen (secondary N) is 1. The molecule has 0 saturated carbocycles. The van der Waals surface area contributed by atoms with Crippen molar-refractivity contribution >= 4 is 17.6 Å². The summed E-state index contributed by atoms with van der Waals surface area (Å²) in [6.07, 6.45) is 0.338. The van der Waals surface area contributed by atoms with Crippen molar-refractivity contribution in [1.29, 1.82) is 0 Å². The van der Waals surface area contributed by atoms with Gasteiger partial charge in [0, 0.05) is 6.42 Å². The van der Waals surface area contributed by atoms with Gasteiger partial charge >= 0.3 is 5.97 Å². The number of hydrogen-bond donors (Lipinski definition) is 1. The van der Waals surface area contributed by atoms with E-state index in [0.29, 0.717) is 17.9 Å². The lowest BCUT2D eigenvalue weighted by Crippen LogP contribution is -2.19. The zero-order chi connectivity index (χ0) is 19.8. The summed E-state index contributed by atoms with van der Waals surface area (Å²) in [6.45, 7) is 1.52. The third-order valence-corrected chi connectivity index (χ3v) is 4.02. The van der Waals surface area contributed by atoms with E-state index in [1.165, 1.54) is 0 Å². The predicted molar refractivity (Wildman–Crippen MR) is 108 cm³/mol. The van der Waals surface area contributed by atoms with E-state index >= 15 is 0 Å². The molecule has 0 heterocycles. The Kier molecular flexibility index (Phi) is 6.41. The summed E-state index contributed by atoms with van der Waals surface area (Å²) in [6, 6.07) is 24.3. The highest BCUT2D eigenvalue weighted by atomic mass is 16.6. The second-order valence-electron chi connectivity index (χ2n) is 6.05. The predicted octanol–water partition coefficient (Wildman–Crippen LogP) is 4.69. The van der Waals surface area contributed by atoms with Crippen molar-refractivity contribution in [3.05, 3.63) is 78.9 Å². The van der Waals surface area contributed by atoms with Gasteiger partial charge in [-0.1, -0.05) is 61.5 Å². The summed E-state index contributed by atoms with van der Waals surface area (Å²) in [4.78, 5) is 23.7. The number of rotatable bonds is 7. The van der Waals surface area contributed by atoms with Gasteiger partial charge in [-0.05, 0) is 35.4 Å². The molecule has 28 heavy (non-hydrogen) atoms. The SMILES string of the molecule is CCC(=O)Nc1ccccc1OC(=O)COc1ccc(-c2ccccc2)cc1. The van der Waals surface area contributed by atoms with Crippen LogP contribution in [0.25, 0.3) is 11.1 Å². The summed E-state index contributed by atoms with van der Waals surface area (Å²) in [5, 5.41) is 2.70. The Labute approximate surface area is 163 Å². The first-order valence-electron chi connectivity index (χ1n) is 9.03. The highest BCUT2D eigenvalue weighted by molar-refractivity contribution is 5.92. The van der Waals surface area contributed by atoms with Crippen molar-refractivity contribution in [1.82, 2.24) is 0 Å². The molecule has 0 bridgehead atoms. The van der Waals surface area contributed by atoms with E-state index in [9.17, 15) is 9.59 Å². The zero-order valence-corrected chi connectivity index (χ0v) is 15.6. The number of anilines is 1. The maximum Gasteiger partial charge on any atom is 0.349 e.